The van der Waals surface area contributed by atoms with E-state index in [1.165, 1.54) is 4.90 Å². The average molecular weight is 386 g/mol. The van der Waals surface area contributed by atoms with Crippen molar-refractivity contribution >= 4 is 29.1 Å². The van der Waals surface area contributed by atoms with Crippen molar-refractivity contribution in [3.63, 3.8) is 0 Å². The number of hydrogen-bond acceptors (Lipinski definition) is 4. The highest BCUT2D eigenvalue weighted by Gasteiger charge is 2.45. The Labute approximate surface area is 162 Å². The van der Waals surface area contributed by atoms with Crippen molar-refractivity contribution in [2.45, 2.75) is 19.4 Å². The normalized spacial score (nSPS) is 18.9. The summed E-state index contributed by atoms with van der Waals surface area (Å²) in [4.78, 5) is 26.5. The van der Waals surface area contributed by atoms with Crippen LogP contribution in [0.1, 0.15) is 29.7 Å². The van der Waals surface area contributed by atoms with Crippen molar-refractivity contribution in [1.82, 2.24) is 4.90 Å². The largest absolute Gasteiger partial charge is 0.507 e. The van der Waals surface area contributed by atoms with Crippen LogP contribution in [-0.2, 0) is 16.0 Å². The van der Waals surface area contributed by atoms with Crippen LogP contribution in [0.3, 0.4) is 0 Å². The number of benzene rings is 2. The maximum atomic E-state index is 12.7. The van der Waals surface area contributed by atoms with E-state index in [2.05, 4.69) is 0 Å². The highest BCUT2D eigenvalue weighted by atomic mass is 35.5. The van der Waals surface area contributed by atoms with Gasteiger partial charge in [0.05, 0.1) is 18.2 Å². The number of carbonyl (C=O) groups is 2. The lowest BCUT2D eigenvalue weighted by Gasteiger charge is -2.24. The van der Waals surface area contributed by atoms with E-state index in [0.29, 0.717) is 16.1 Å². The van der Waals surface area contributed by atoms with E-state index in [-0.39, 0.29) is 24.5 Å². The number of aryl methyl sites for hydroxylation is 1. The number of ketones is 1. The minimum Gasteiger partial charge on any atom is -0.507 e. The third kappa shape index (κ3) is 3.61. The highest BCUT2D eigenvalue weighted by molar-refractivity contribution is 6.46. The number of carbonyl (C=O) groups excluding carboxylic acids is 2. The third-order valence-corrected chi connectivity index (χ3v) is 4.95. The van der Waals surface area contributed by atoms with Crippen LogP contribution >= 0.6 is 11.6 Å². The first-order valence-corrected chi connectivity index (χ1v) is 9.09. The molecule has 2 aromatic rings. The number of Topliss-reactive ketones (excluding diaryl/α,β-unsaturated/α-hetero) is 1. The van der Waals surface area contributed by atoms with Gasteiger partial charge in [-0.3, -0.25) is 9.59 Å². The maximum Gasteiger partial charge on any atom is 0.295 e. The number of hydrogen-bond donors (Lipinski definition) is 2. The molecule has 3 rings (SSSR count). The average Bonchev–Trinajstić information content (AvgIpc) is 2.93. The summed E-state index contributed by atoms with van der Waals surface area (Å²) in [6.45, 7) is 1.76. The second-order valence-corrected chi connectivity index (χ2v) is 6.75. The monoisotopic (exact) mass is 385 g/mol. The molecule has 2 N–H and O–H groups in total. The van der Waals surface area contributed by atoms with E-state index in [1.807, 2.05) is 31.2 Å². The van der Waals surface area contributed by atoms with Gasteiger partial charge in [-0.25, -0.2) is 0 Å². The lowest BCUT2D eigenvalue weighted by atomic mass is 9.94. The second-order valence-electron chi connectivity index (χ2n) is 6.32. The van der Waals surface area contributed by atoms with Gasteiger partial charge >= 0.3 is 0 Å². The summed E-state index contributed by atoms with van der Waals surface area (Å²) in [5.41, 5.74) is 2.24. The fourth-order valence-electron chi connectivity index (χ4n) is 3.26. The smallest absolute Gasteiger partial charge is 0.295 e. The number of rotatable bonds is 5. The van der Waals surface area contributed by atoms with Gasteiger partial charge in [-0.05, 0) is 41.8 Å². The molecule has 1 heterocycles. The van der Waals surface area contributed by atoms with Gasteiger partial charge in [-0.15, -0.1) is 0 Å². The highest BCUT2D eigenvalue weighted by Crippen LogP contribution is 2.39. The Bertz CT molecular complexity index is 887. The zero-order chi connectivity index (χ0) is 19.6. The summed E-state index contributed by atoms with van der Waals surface area (Å²) in [6.07, 6.45) is 0.863. The maximum absolute atomic E-state index is 12.7. The van der Waals surface area contributed by atoms with Gasteiger partial charge in [0.25, 0.3) is 11.7 Å². The van der Waals surface area contributed by atoms with Gasteiger partial charge in [0, 0.05) is 17.1 Å². The van der Waals surface area contributed by atoms with Crippen LogP contribution in [0.4, 0.5) is 0 Å². The topological polar surface area (TPSA) is 77.8 Å². The van der Waals surface area contributed by atoms with Crippen molar-refractivity contribution < 1.29 is 19.8 Å². The van der Waals surface area contributed by atoms with Crippen molar-refractivity contribution in [1.29, 1.82) is 0 Å². The molecule has 1 aliphatic heterocycles. The fourth-order valence-corrected chi connectivity index (χ4v) is 3.39. The molecule has 1 unspecified atom stereocenters. The van der Waals surface area contributed by atoms with Gasteiger partial charge in [0.2, 0.25) is 0 Å². The molecular weight excluding hydrogens is 366 g/mol. The van der Waals surface area contributed by atoms with E-state index >= 15 is 0 Å². The van der Waals surface area contributed by atoms with E-state index in [9.17, 15) is 19.8 Å². The number of halogens is 1. The van der Waals surface area contributed by atoms with Crippen molar-refractivity contribution in [2.75, 3.05) is 13.2 Å². The van der Waals surface area contributed by atoms with Crippen LogP contribution in [0.15, 0.2) is 54.1 Å². The van der Waals surface area contributed by atoms with Crippen molar-refractivity contribution in [2.24, 2.45) is 0 Å². The molecule has 0 radical (unpaired) electrons. The second kappa shape index (κ2) is 7.94. The van der Waals surface area contributed by atoms with Crippen LogP contribution < -0.4 is 0 Å². The standard InChI is InChI=1S/C21H20ClNO4/c1-2-13-3-5-14(6-4-13)18-17(20(26)21(27)23(18)11-12-24)19(25)15-7-9-16(22)10-8-15/h3-10,18,24-25H,2,11-12H2,1H3/b19-17-. The first kappa shape index (κ1) is 19.1. The summed E-state index contributed by atoms with van der Waals surface area (Å²) in [6, 6.07) is 13.2. The molecule has 1 saturated heterocycles. The molecule has 1 aliphatic rings. The van der Waals surface area contributed by atoms with Crippen molar-refractivity contribution in [3.8, 4) is 0 Å². The Morgan fingerprint density at radius 3 is 2.26 bits per heavy atom. The molecule has 2 aromatic carbocycles. The predicted octanol–water partition coefficient (Wildman–Crippen LogP) is 3.32. The number of likely N-dealkylation sites (tertiary alicyclic amines) is 1. The minimum absolute atomic E-state index is 0.00215. The van der Waals surface area contributed by atoms with Gasteiger partial charge in [-0.2, -0.15) is 0 Å². The molecule has 140 valence electrons. The molecule has 6 heteroatoms. The molecule has 0 bridgehead atoms. The molecule has 0 saturated carbocycles. The summed E-state index contributed by atoms with van der Waals surface area (Å²) >= 11 is 5.89. The van der Waals surface area contributed by atoms with Crippen LogP contribution in [-0.4, -0.2) is 40.0 Å². The molecule has 1 atom stereocenters. The first-order valence-electron chi connectivity index (χ1n) is 8.72. The van der Waals surface area contributed by atoms with Crippen LogP contribution in [0, 0.1) is 0 Å². The molecule has 0 aromatic heterocycles. The Balaban J connectivity index is 2.15. The number of aliphatic hydroxyl groups excluding tert-OH is 2. The number of amides is 1. The first-order chi connectivity index (χ1) is 13.0. The predicted molar refractivity (Wildman–Crippen MR) is 103 cm³/mol. The summed E-state index contributed by atoms with van der Waals surface area (Å²) in [5.74, 6) is -1.75. The quantitative estimate of drug-likeness (QED) is 0.470. The molecule has 0 spiro atoms. The summed E-state index contributed by atoms with van der Waals surface area (Å²) < 4.78 is 0. The van der Waals surface area contributed by atoms with Crippen LogP contribution in [0.5, 0.6) is 0 Å². The number of aliphatic hydroxyl groups is 2. The zero-order valence-electron chi connectivity index (χ0n) is 14.9. The van der Waals surface area contributed by atoms with E-state index < -0.39 is 17.7 Å². The van der Waals surface area contributed by atoms with Gasteiger partial charge in [0.15, 0.2) is 0 Å². The Kier molecular flexibility index (Phi) is 5.63. The van der Waals surface area contributed by atoms with E-state index in [4.69, 9.17) is 11.6 Å². The third-order valence-electron chi connectivity index (χ3n) is 4.70. The zero-order valence-corrected chi connectivity index (χ0v) is 15.6. The van der Waals surface area contributed by atoms with Gasteiger partial charge in [-0.1, -0.05) is 42.8 Å². The SMILES string of the molecule is CCc1ccc(C2/C(=C(/O)c3ccc(Cl)cc3)C(=O)C(=O)N2CCO)cc1. The van der Waals surface area contributed by atoms with Gasteiger partial charge in [0.1, 0.15) is 5.76 Å². The Hall–Kier alpha value is -2.63. The lowest BCUT2D eigenvalue weighted by Crippen LogP contribution is -2.32. The molecule has 5 nitrogen and oxygen atoms in total. The molecule has 27 heavy (non-hydrogen) atoms. The summed E-state index contributed by atoms with van der Waals surface area (Å²) in [5, 5.41) is 20.6. The number of nitrogens with zero attached hydrogens (tertiary/aromatic N) is 1. The fraction of sp³-hybridized carbons (Fsp3) is 0.238. The van der Waals surface area contributed by atoms with Crippen LogP contribution in [0.25, 0.3) is 5.76 Å². The Morgan fingerprint density at radius 1 is 1.07 bits per heavy atom. The molecule has 1 fully saturated rings. The van der Waals surface area contributed by atoms with E-state index in [0.717, 1.165) is 12.0 Å². The lowest BCUT2D eigenvalue weighted by molar-refractivity contribution is -0.140. The minimum atomic E-state index is -0.763. The van der Waals surface area contributed by atoms with E-state index in [1.54, 1.807) is 24.3 Å². The van der Waals surface area contributed by atoms with Crippen LogP contribution in [0.2, 0.25) is 5.02 Å². The number of β-amino-alcohol motifs (C(OH)–C–C–N with tert-alkyl or cyclic N) is 1. The van der Waals surface area contributed by atoms with Crippen molar-refractivity contribution in [3.05, 3.63) is 75.8 Å². The Morgan fingerprint density at radius 2 is 1.70 bits per heavy atom. The van der Waals surface area contributed by atoms with Gasteiger partial charge < -0.3 is 15.1 Å². The molecule has 1 amide bonds. The molecular formula is C21H20ClNO4. The molecule has 0 aliphatic carbocycles. The summed E-state index contributed by atoms with van der Waals surface area (Å²) in [7, 11) is 0.